The number of benzene rings is 2. The third-order valence-corrected chi connectivity index (χ3v) is 6.40. The zero-order chi connectivity index (χ0) is 19.5. The molecule has 0 radical (unpaired) electrons. The fraction of sp³-hybridized carbons (Fsp3) is 0.0500. The van der Waals surface area contributed by atoms with Crippen LogP contribution in [0.1, 0.15) is 0 Å². The molecular formula is C20H13Cl2N3OS2. The molecule has 4 rings (SSSR count). The number of amides is 1. The molecule has 140 valence electrons. The molecule has 0 spiro atoms. The van der Waals surface area contributed by atoms with Crippen LogP contribution in [0.3, 0.4) is 0 Å². The lowest BCUT2D eigenvalue weighted by atomic mass is 10.1. The molecule has 0 aliphatic rings. The van der Waals surface area contributed by atoms with Crippen LogP contribution in [0.4, 0.5) is 5.69 Å². The lowest BCUT2D eigenvalue weighted by Crippen LogP contribution is -2.14. The summed E-state index contributed by atoms with van der Waals surface area (Å²) in [5.74, 6) is 0.0105. The van der Waals surface area contributed by atoms with Gasteiger partial charge in [0.15, 0.2) is 0 Å². The van der Waals surface area contributed by atoms with Gasteiger partial charge < -0.3 is 5.32 Å². The summed E-state index contributed by atoms with van der Waals surface area (Å²) in [6.07, 6.45) is 1.53. The van der Waals surface area contributed by atoms with Gasteiger partial charge in [0.25, 0.3) is 0 Å². The molecule has 28 heavy (non-hydrogen) atoms. The molecule has 1 N–H and O–H groups in total. The van der Waals surface area contributed by atoms with Gasteiger partial charge in [-0.25, -0.2) is 9.97 Å². The number of fused-ring (bicyclic) bond motifs is 1. The fourth-order valence-electron chi connectivity index (χ4n) is 2.70. The molecule has 4 nitrogen and oxygen atoms in total. The maximum atomic E-state index is 12.4. The van der Waals surface area contributed by atoms with Crippen LogP contribution in [-0.4, -0.2) is 21.6 Å². The topological polar surface area (TPSA) is 54.9 Å². The Morgan fingerprint density at radius 2 is 1.93 bits per heavy atom. The number of rotatable bonds is 5. The highest BCUT2D eigenvalue weighted by atomic mass is 35.5. The number of nitrogens with zero attached hydrogens (tertiary/aromatic N) is 2. The summed E-state index contributed by atoms with van der Waals surface area (Å²) in [5.41, 5.74) is 2.66. The van der Waals surface area contributed by atoms with Crippen molar-refractivity contribution in [2.24, 2.45) is 0 Å². The molecule has 0 aliphatic carbocycles. The lowest BCUT2D eigenvalue weighted by Gasteiger charge is -2.08. The van der Waals surface area contributed by atoms with E-state index in [9.17, 15) is 4.79 Å². The van der Waals surface area contributed by atoms with E-state index in [1.807, 2.05) is 18.2 Å². The highest BCUT2D eigenvalue weighted by molar-refractivity contribution is 8.00. The third-order valence-electron chi connectivity index (χ3n) is 3.96. The minimum atomic E-state index is -0.183. The zero-order valence-corrected chi connectivity index (χ0v) is 17.5. The minimum Gasteiger partial charge on any atom is -0.324 e. The molecule has 2 aromatic carbocycles. The maximum Gasteiger partial charge on any atom is 0.234 e. The molecule has 2 aromatic heterocycles. The first-order valence-electron chi connectivity index (χ1n) is 8.27. The van der Waals surface area contributed by atoms with Crippen molar-refractivity contribution in [2.45, 2.75) is 5.03 Å². The second-order valence-electron chi connectivity index (χ2n) is 5.84. The summed E-state index contributed by atoms with van der Waals surface area (Å²) in [5, 5.41) is 7.56. The summed E-state index contributed by atoms with van der Waals surface area (Å²) in [6, 6.07) is 15.0. The predicted molar refractivity (Wildman–Crippen MR) is 119 cm³/mol. The molecule has 0 bridgehead atoms. The van der Waals surface area contributed by atoms with Crippen LogP contribution in [-0.2, 0) is 4.79 Å². The van der Waals surface area contributed by atoms with Crippen molar-refractivity contribution in [3.05, 3.63) is 70.3 Å². The number of hydrogen-bond donors (Lipinski definition) is 1. The number of anilines is 1. The average molecular weight is 446 g/mol. The van der Waals surface area contributed by atoms with Crippen LogP contribution in [0.2, 0.25) is 10.0 Å². The van der Waals surface area contributed by atoms with Crippen LogP contribution in [0.25, 0.3) is 21.3 Å². The number of aromatic nitrogens is 2. The standard InChI is InChI=1S/C20H13Cl2N3OS2/c21-13-6-7-15(22)16(8-13)25-17(26)10-28-20-18-14(12-4-2-1-3-5-12)9-27-19(18)23-11-24-20/h1-9,11H,10H2,(H,25,26). The Hall–Kier alpha value is -2.12. The number of carbonyl (C=O) groups excluding carboxylic acids is 1. The Bertz CT molecular complexity index is 1150. The van der Waals surface area contributed by atoms with E-state index in [2.05, 4.69) is 32.8 Å². The second-order valence-corrected chi connectivity index (χ2v) is 8.50. The predicted octanol–water partition coefficient (Wildman–Crippen LogP) is 6.40. The van der Waals surface area contributed by atoms with E-state index in [0.717, 1.165) is 26.4 Å². The van der Waals surface area contributed by atoms with Gasteiger partial charge in [0.05, 0.1) is 21.8 Å². The first-order valence-corrected chi connectivity index (χ1v) is 10.9. The van der Waals surface area contributed by atoms with Crippen molar-refractivity contribution in [3.63, 3.8) is 0 Å². The van der Waals surface area contributed by atoms with E-state index in [-0.39, 0.29) is 11.7 Å². The van der Waals surface area contributed by atoms with E-state index in [1.165, 1.54) is 18.1 Å². The number of thioether (sulfide) groups is 1. The Labute approximate surface area is 179 Å². The molecule has 0 saturated heterocycles. The van der Waals surface area contributed by atoms with Gasteiger partial charge in [0, 0.05) is 16.0 Å². The van der Waals surface area contributed by atoms with Crippen LogP contribution < -0.4 is 5.32 Å². The van der Waals surface area contributed by atoms with Gasteiger partial charge in [-0.05, 0) is 23.8 Å². The highest BCUT2D eigenvalue weighted by Gasteiger charge is 2.15. The Morgan fingerprint density at radius 3 is 2.75 bits per heavy atom. The van der Waals surface area contributed by atoms with Crippen molar-refractivity contribution in [2.75, 3.05) is 11.1 Å². The van der Waals surface area contributed by atoms with E-state index in [0.29, 0.717) is 15.7 Å². The summed E-state index contributed by atoms with van der Waals surface area (Å²) in [7, 11) is 0. The number of carbonyl (C=O) groups is 1. The van der Waals surface area contributed by atoms with Crippen LogP contribution in [0, 0.1) is 0 Å². The molecule has 0 unspecified atom stereocenters. The first-order chi connectivity index (χ1) is 13.6. The Kier molecular flexibility index (Phi) is 5.82. The third kappa shape index (κ3) is 4.15. The summed E-state index contributed by atoms with van der Waals surface area (Å²) in [4.78, 5) is 22.1. The monoisotopic (exact) mass is 445 g/mol. The summed E-state index contributed by atoms with van der Waals surface area (Å²) < 4.78 is 0. The van der Waals surface area contributed by atoms with Crippen molar-refractivity contribution in [3.8, 4) is 11.1 Å². The Balaban J connectivity index is 1.56. The number of thiophene rings is 1. The molecule has 1 amide bonds. The van der Waals surface area contributed by atoms with Crippen LogP contribution in [0.5, 0.6) is 0 Å². The van der Waals surface area contributed by atoms with Crippen molar-refractivity contribution >= 4 is 68.1 Å². The van der Waals surface area contributed by atoms with Gasteiger partial charge in [0.1, 0.15) is 16.2 Å². The minimum absolute atomic E-state index is 0.183. The smallest absolute Gasteiger partial charge is 0.234 e. The number of halogens is 2. The zero-order valence-electron chi connectivity index (χ0n) is 14.4. The van der Waals surface area contributed by atoms with E-state index in [1.54, 1.807) is 29.5 Å². The molecule has 0 saturated carbocycles. The average Bonchev–Trinajstić information content (AvgIpc) is 3.15. The molecule has 0 atom stereocenters. The van der Waals surface area contributed by atoms with Gasteiger partial charge in [-0.2, -0.15) is 0 Å². The second kappa shape index (κ2) is 8.49. The highest BCUT2D eigenvalue weighted by Crippen LogP contribution is 2.37. The molecule has 0 aliphatic heterocycles. The van der Waals surface area contributed by atoms with E-state index < -0.39 is 0 Å². The van der Waals surface area contributed by atoms with Gasteiger partial charge >= 0.3 is 0 Å². The molecule has 8 heteroatoms. The van der Waals surface area contributed by atoms with Gasteiger partial charge in [-0.3, -0.25) is 4.79 Å². The maximum absolute atomic E-state index is 12.4. The van der Waals surface area contributed by atoms with Crippen LogP contribution in [0.15, 0.2) is 65.3 Å². The molecule has 2 heterocycles. The van der Waals surface area contributed by atoms with E-state index in [4.69, 9.17) is 23.2 Å². The van der Waals surface area contributed by atoms with Gasteiger partial charge in [-0.1, -0.05) is 65.3 Å². The van der Waals surface area contributed by atoms with Crippen LogP contribution >= 0.6 is 46.3 Å². The van der Waals surface area contributed by atoms with Crippen molar-refractivity contribution < 1.29 is 4.79 Å². The van der Waals surface area contributed by atoms with Crippen molar-refractivity contribution in [1.29, 1.82) is 0 Å². The first kappa shape index (κ1) is 19.2. The summed E-state index contributed by atoms with van der Waals surface area (Å²) in [6.45, 7) is 0. The molecular weight excluding hydrogens is 433 g/mol. The van der Waals surface area contributed by atoms with Gasteiger partial charge in [0.2, 0.25) is 5.91 Å². The molecule has 4 aromatic rings. The Morgan fingerprint density at radius 1 is 1.11 bits per heavy atom. The van der Waals surface area contributed by atoms with E-state index >= 15 is 0 Å². The quantitative estimate of drug-likeness (QED) is 0.285. The lowest BCUT2D eigenvalue weighted by molar-refractivity contribution is -0.113. The normalized spacial score (nSPS) is 10.9. The number of nitrogens with one attached hydrogen (secondary N) is 1. The van der Waals surface area contributed by atoms with Gasteiger partial charge in [-0.15, -0.1) is 11.3 Å². The van der Waals surface area contributed by atoms with Crippen molar-refractivity contribution in [1.82, 2.24) is 9.97 Å². The SMILES string of the molecule is O=C(CSc1ncnc2scc(-c3ccccc3)c12)Nc1cc(Cl)ccc1Cl. The molecule has 0 fully saturated rings. The fourth-order valence-corrected chi connectivity index (χ4v) is 4.83. The summed E-state index contributed by atoms with van der Waals surface area (Å²) >= 11 is 15.0. The largest absolute Gasteiger partial charge is 0.324 e. The number of hydrogen-bond acceptors (Lipinski definition) is 5.